The molecular formula is C38H49F3IN7O6. The van der Waals surface area contributed by atoms with E-state index in [-0.39, 0.29) is 55.9 Å². The second kappa shape index (κ2) is 21.4. The number of alkyl halides is 2. The number of alkyl carbamates (subject to hydrolysis) is 1. The molecule has 55 heavy (non-hydrogen) atoms. The Morgan fingerprint density at radius 1 is 1.07 bits per heavy atom. The monoisotopic (exact) mass is 883 g/mol. The van der Waals surface area contributed by atoms with E-state index in [0.717, 1.165) is 23.8 Å². The van der Waals surface area contributed by atoms with Gasteiger partial charge in [-0.15, -0.1) is 0 Å². The van der Waals surface area contributed by atoms with Gasteiger partial charge in [0.2, 0.25) is 5.91 Å². The van der Waals surface area contributed by atoms with Crippen molar-refractivity contribution in [3.05, 3.63) is 77.8 Å². The largest absolute Gasteiger partial charge is 0.447 e. The fraction of sp³-hybridized carbons (Fsp3) is 0.526. The molecule has 5 rings (SSSR count). The number of rotatable bonds is 18. The molecular weight excluding hydrogens is 834 g/mol. The fourth-order valence-electron chi connectivity index (χ4n) is 6.71. The first-order valence-corrected chi connectivity index (χ1v) is 20.0. The highest BCUT2D eigenvalue weighted by Crippen LogP contribution is 2.38. The van der Waals surface area contributed by atoms with Crippen LogP contribution < -0.4 is 21.3 Å². The second-order valence-corrected chi connectivity index (χ2v) is 14.4. The number of nitrogens with one attached hydrogen (secondary N) is 4. The van der Waals surface area contributed by atoms with Crippen molar-refractivity contribution in [1.82, 2.24) is 35.7 Å². The van der Waals surface area contributed by atoms with Crippen molar-refractivity contribution in [3.8, 4) is 11.3 Å². The van der Waals surface area contributed by atoms with Crippen LogP contribution in [0, 0.1) is 23.5 Å². The molecule has 3 heterocycles. The minimum absolute atomic E-state index is 0.0191. The van der Waals surface area contributed by atoms with E-state index in [1.807, 2.05) is 57.5 Å². The molecule has 0 saturated carbocycles. The van der Waals surface area contributed by atoms with Crippen LogP contribution in [0.3, 0.4) is 0 Å². The summed E-state index contributed by atoms with van der Waals surface area (Å²) < 4.78 is 63.6. The van der Waals surface area contributed by atoms with E-state index in [0.29, 0.717) is 62.5 Å². The van der Waals surface area contributed by atoms with Gasteiger partial charge in [-0.2, -0.15) is 0 Å². The van der Waals surface area contributed by atoms with Crippen molar-refractivity contribution in [2.24, 2.45) is 11.8 Å². The van der Waals surface area contributed by atoms with Crippen molar-refractivity contribution in [2.45, 2.75) is 44.6 Å². The molecule has 300 valence electrons. The Hall–Kier alpha value is -3.94. The highest BCUT2D eigenvalue weighted by molar-refractivity contribution is 14.1. The van der Waals surface area contributed by atoms with Gasteiger partial charge in [0.25, 0.3) is 0 Å². The van der Waals surface area contributed by atoms with Gasteiger partial charge < -0.3 is 44.9 Å². The van der Waals surface area contributed by atoms with Crippen molar-refractivity contribution in [3.63, 3.8) is 0 Å². The number of urea groups is 1. The van der Waals surface area contributed by atoms with Gasteiger partial charge in [-0.25, -0.2) is 27.7 Å². The molecule has 2 fully saturated rings. The zero-order chi connectivity index (χ0) is 39.2. The quantitative estimate of drug-likeness (QED) is 0.0825. The fourth-order valence-corrected chi connectivity index (χ4v) is 6.98. The Kier molecular flexibility index (Phi) is 16.4. The lowest BCUT2D eigenvalue weighted by Crippen LogP contribution is -2.52. The molecule has 2 aromatic carbocycles. The van der Waals surface area contributed by atoms with Gasteiger partial charge >= 0.3 is 12.1 Å². The van der Waals surface area contributed by atoms with Crippen LogP contribution in [0.15, 0.2) is 54.7 Å². The Bertz CT molecular complexity index is 1700. The Morgan fingerprint density at radius 3 is 2.53 bits per heavy atom. The predicted octanol–water partition coefficient (Wildman–Crippen LogP) is 4.60. The molecule has 0 radical (unpaired) electrons. The van der Waals surface area contributed by atoms with Gasteiger partial charge in [0.1, 0.15) is 30.2 Å². The molecule has 4 amide bonds. The number of aromatic nitrogens is 2. The average Bonchev–Trinajstić information content (AvgIpc) is 3.79. The summed E-state index contributed by atoms with van der Waals surface area (Å²) in [7, 11) is 0. The smallest absolute Gasteiger partial charge is 0.407 e. The molecule has 0 unspecified atom stereocenters. The van der Waals surface area contributed by atoms with Crippen molar-refractivity contribution in [2.75, 3.05) is 70.2 Å². The highest BCUT2D eigenvalue weighted by atomic mass is 127. The summed E-state index contributed by atoms with van der Waals surface area (Å²) >= 11 is 1.97. The molecule has 2 aliphatic rings. The summed E-state index contributed by atoms with van der Waals surface area (Å²) in [6.45, 7) is 4.35. The van der Waals surface area contributed by atoms with Crippen molar-refractivity contribution < 1.29 is 41.8 Å². The van der Waals surface area contributed by atoms with Gasteiger partial charge in [0.15, 0.2) is 0 Å². The summed E-state index contributed by atoms with van der Waals surface area (Å²) in [5.41, 5.74) is 1.11. The van der Waals surface area contributed by atoms with Crippen LogP contribution in [0.1, 0.15) is 37.2 Å². The normalized spacial score (nSPS) is 18.3. The molecule has 4 atom stereocenters. The first-order chi connectivity index (χ1) is 26.6. The maximum absolute atomic E-state index is 15.3. The third kappa shape index (κ3) is 12.5. The molecule has 4 N–H and O–H groups in total. The van der Waals surface area contributed by atoms with Crippen LogP contribution in [0.5, 0.6) is 0 Å². The van der Waals surface area contributed by atoms with E-state index in [9.17, 15) is 18.8 Å². The highest BCUT2D eigenvalue weighted by Gasteiger charge is 2.40. The van der Waals surface area contributed by atoms with E-state index < -0.39 is 47.9 Å². The van der Waals surface area contributed by atoms with Crippen molar-refractivity contribution >= 4 is 40.6 Å². The summed E-state index contributed by atoms with van der Waals surface area (Å²) in [5, 5.41) is 11.3. The van der Waals surface area contributed by atoms with E-state index in [2.05, 4.69) is 21.3 Å². The second-order valence-electron chi connectivity index (χ2n) is 13.7. The minimum atomic E-state index is -1.20. The number of amides is 4. The molecule has 0 aliphatic carbocycles. The molecule has 17 heteroatoms. The van der Waals surface area contributed by atoms with Crippen molar-refractivity contribution in [1.29, 1.82) is 0 Å². The first kappa shape index (κ1) is 42.2. The van der Waals surface area contributed by atoms with E-state index in [1.165, 1.54) is 0 Å². The minimum Gasteiger partial charge on any atom is -0.447 e. The number of hydrogen-bond donors (Lipinski definition) is 4. The summed E-state index contributed by atoms with van der Waals surface area (Å²) in [6, 6.07) is 10.9. The summed E-state index contributed by atoms with van der Waals surface area (Å²) in [5.74, 6) is -1.59. The lowest BCUT2D eigenvalue weighted by atomic mass is 9.89. The zero-order valence-corrected chi connectivity index (χ0v) is 32.9. The number of nitrogens with zero attached hydrogens (tertiary/aromatic N) is 3. The average molecular weight is 884 g/mol. The molecule has 0 bridgehead atoms. The zero-order valence-electron chi connectivity index (χ0n) is 30.8. The van der Waals surface area contributed by atoms with Gasteiger partial charge in [0, 0.05) is 70.2 Å². The van der Waals surface area contributed by atoms with Crippen LogP contribution in [-0.2, 0) is 25.5 Å². The number of hydrogen-bond acceptors (Lipinski definition) is 8. The molecule has 0 spiro atoms. The number of imidazole rings is 1. The standard InChI is InChI=1S/C38H49F3IN7O6/c1-25(24-55-38(52)45-12-16-54-15-11-44-34(50)18-42)46-37(51)49(22-28-19-43-20-32(28)41)35(27-9-13-53-14-10-27)36-47-33(30-17-29(39)7-8-31(30)40)23-48(36)21-26-5-3-2-4-6-26/h2-8,17,23,25,27-28,32,35,43H,9-16,18-22,24H2,1H3,(H,44,50)(H,45,52)(H,46,51)/t25-,28-,32-,35+/m0/s1. The van der Waals surface area contributed by atoms with Crippen LogP contribution in [0.2, 0.25) is 0 Å². The Balaban J connectivity index is 1.37. The lowest BCUT2D eigenvalue weighted by molar-refractivity contribution is -0.118. The Labute approximate surface area is 332 Å². The summed E-state index contributed by atoms with van der Waals surface area (Å²) in [4.78, 5) is 44.7. The van der Waals surface area contributed by atoms with Gasteiger partial charge in [0.05, 0.1) is 35.4 Å². The summed E-state index contributed by atoms with van der Waals surface area (Å²) in [6.07, 6.45) is 0.927. The number of carbonyl (C=O) groups excluding carboxylic acids is 3. The van der Waals surface area contributed by atoms with Gasteiger partial charge in [-0.1, -0.05) is 52.9 Å². The maximum atomic E-state index is 15.3. The molecule has 1 aromatic heterocycles. The molecule has 2 saturated heterocycles. The van der Waals surface area contributed by atoms with E-state index >= 15 is 8.78 Å². The van der Waals surface area contributed by atoms with E-state index in [4.69, 9.17) is 19.2 Å². The number of benzene rings is 2. The predicted molar refractivity (Wildman–Crippen MR) is 207 cm³/mol. The molecule has 2 aliphatic heterocycles. The number of ether oxygens (including phenoxy) is 3. The third-order valence-corrected chi connectivity index (χ3v) is 10.2. The van der Waals surface area contributed by atoms with Gasteiger partial charge in [-0.05, 0) is 49.4 Å². The topological polar surface area (TPSA) is 148 Å². The Morgan fingerprint density at radius 2 is 1.82 bits per heavy atom. The van der Waals surface area contributed by atoms with Gasteiger partial charge in [-0.3, -0.25) is 4.79 Å². The van der Waals surface area contributed by atoms with E-state index in [1.54, 1.807) is 18.0 Å². The van der Waals surface area contributed by atoms with Crippen LogP contribution >= 0.6 is 22.6 Å². The molecule has 13 nitrogen and oxygen atoms in total. The van der Waals surface area contributed by atoms with Crippen LogP contribution in [-0.4, -0.2) is 115 Å². The SMILES string of the molecule is C[C@@H](COC(=O)NCCOCCNC(=O)CI)NC(=O)N(C[C@@H]1CNC[C@@H]1F)[C@@H](c1nc(-c2cc(F)ccc2F)cn1Cc1ccccc1)C1CCOCC1. The first-order valence-electron chi connectivity index (χ1n) is 18.5. The van der Waals surface area contributed by atoms with Crippen LogP contribution in [0.25, 0.3) is 11.3 Å². The number of halogens is 4. The number of carbonyl (C=O) groups is 3. The third-order valence-electron chi connectivity index (χ3n) is 9.51. The van der Waals surface area contributed by atoms with Crippen LogP contribution in [0.4, 0.5) is 22.8 Å². The lowest BCUT2D eigenvalue weighted by Gasteiger charge is -2.40. The molecule has 3 aromatic rings. The maximum Gasteiger partial charge on any atom is 0.407 e.